The van der Waals surface area contributed by atoms with Crippen LogP contribution in [0, 0.1) is 13.8 Å². The van der Waals surface area contributed by atoms with Crippen LogP contribution in [0.2, 0.25) is 0 Å². The van der Waals surface area contributed by atoms with Gasteiger partial charge in [0, 0.05) is 26.3 Å². The molecule has 0 radical (unpaired) electrons. The molecule has 5 rings (SSSR count). The molecule has 0 saturated heterocycles. The number of aryl methyl sites for hydroxylation is 2. The minimum absolute atomic E-state index is 0.122. The average Bonchev–Trinajstić information content (AvgIpc) is 3.46. The summed E-state index contributed by atoms with van der Waals surface area (Å²) in [5.41, 5.74) is 2.87. The lowest BCUT2D eigenvalue weighted by atomic mass is 10.1. The van der Waals surface area contributed by atoms with Crippen LogP contribution < -0.4 is 5.56 Å². The van der Waals surface area contributed by atoms with Crippen LogP contribution in [-0.4, -0.2) is 20.2 Å². The van der Waals surface area contributed by atoms with E-state index in [0.717, 1.165) is 20.8 Å². The van der Waals surface area contributed by atoms with Crippen molar-refractivity contribution in [1.29, 1.82) is 0 Å². The summed E-state index contributed by atoms with van der Waals surface area (Å²) in [5.74, 6) is 1.50. The van der Waals surface area contributed by atoms with E-state index in [2.05, 4.69) is 33.2 Å². The van der Waals surface area contributed by atoms with Gasteiger partial charge in [0.05, 0.1) is 11.1 Å². The summed E-state index contributed by atoms with van der Waals surface area (Å²) in [5, 5.41) is 11.3. The zero-order valence-electron chi connectivity index (χ0n) is 16.1. The van der Waals surface area contributed by atoms with Gasteiger partial charge in [-0.25, -0.2) is 4.98 Å². The number of benzene rings is 1. The molecular weight excluding hydrogens is 436 g/mol. The standard InChI is InChI=1S/C21H16N4O2S3/c1-11-3-6-13(7-4-11)19-24-25-21(27-19)29-10-16-22-18(26)17-14(9-28-20(17)23-16)15-8-5-12(2)30-15/h3-9H,10H2,1-2H3,(H,22,23,26). The highest BCUT2D eigenvalue weighted by atomic mass is 32.2. The van der Waals surface area contributed by atoms with Gasteiger partial charge in [0.1, 0.15) is 10.7 Å². The van der Waals surface area contributed by atoms with Crippen molar-refractivity contribution in [3.05, 3.63) is 68.4 Å². The number of aromatic amines is 1. The maximum atomic E-state index is 12.7. The molecular formula is C21H16N4O2S3. The highest BCUT2D eigenvalue weighted by Crippen LogP contribution is 2.35. The van der Waals surface area contributed by atoms with Crippen molar-refractivity contribution >= 4 is 44.7 Å². The lowest BCUT2D eigenvalue weighted by molar-refractivity contribution is 0.465. The Hall–Kier alpha value is -2.75. The lowest BCUT2D eigenvalue weighted by Crippen LogP contribution is -2.10. The summed E-state index contributed by atoms with van der Waals surface area (Å²) < 4.78 is 5.74. The number of H-pyrrole nitrogens is 1. The number of thiophene rings is 2. The van der Waals surface area contributed by atoms with Gasteiger partial charge >= 0.3 is 0 Å². The molecule has 0 bridgehead atoms. The van der Waals surface area contributed by atoms with E-state index in [4.69, 9.17) is 4.42 Å². The molecule has 1 aromatic carbocycles. The van der Waals surface area contributed by atoms with E-state index < -0.39 is 0 Å². The largest absolute Gasteiger partial charge is 0.411 e. The minimum atomic E-state index is -0.122. The Balaban J connectivity index is 1.36. The Morgan fingerprint density at radius 2 is 1.93 bits per heavy atom. The molecule has 0 aliphatic heterocycles. The predicted molar refractivity (Wildman–Crippen MR) is 122 cm³/mol. The molecule has 9 heteroatoms. The minimum Gasteiger partial charge on any atom is -0.411 e. The highest BCUT2D eigenvalue weighted by molar-refractivity contribution is 7.98. The molecule has 1 N–H and O–H groups in total. The van der Waals surface area contributed by atoms with Crippen LogP contribution in [0.25, 0.3) is 32.1 Å². The number of rotatable bonds is 5. The lowest BCUT2D eigenvalue weighted by Gasteiger charge is -2.00. The molecule has 0 amide bonds. The smallest absolute Gasteiger partial charge is 0.277 e. The summed E-state index contributed by atoms with van der Waals surface area (Å²) in [4.78, 5) is 23.3. The number of hydrogen-bond donors (Lipinski definition) is 1. The van der Waals surface area contributed by atoms with Crippen LogP contribution in [0.15, 0.2) is 56.2 Å². The third-order valence-electron chi connectivity index (χ3n) is 4.54. The Kier molecular flexibility index (Phi) is 5.01. The van der Waals surface area contributed by atoms with Crippen molar-refractivity contribution in [3.63, 3.8) is 0 Å². The van der Waals surface area contributed by atoms with Crippen molar-refractivity contribution in [2.75, 3.05) is 0 Å². The average molecular weight is 453 g/mol. The zero-order valence-corrected chi connectivity index (χ0v) is 18.6. The second kappa shape index (κ2) is 7.82. The molecule has 0 fully saturated rings. The second-order valence-corrected chi connectivity index (χ2v) is 9.85. The van der Waals surface area contributed by atoms with Gasteiger partial charge in [-0.05, 0) is 38.1 Å². The normalized spacial score (nSPS) is 11.4. The quantitative estimate of drug-likeness (QED) is 0.346. The van der Waals surface area contributed by atoms with E-state index >= 15 is 0 Å². The fourth-order valence-electron chi connectivity index (χ4n) is 3.03. The first-order valence-corrected chi connectivity index (χ1v) is 11.9. The van der Waals surface area contributed by atoms with Crippen LogP contribution in [0.4, 0.5) is 0 Å². The summed E-state index contributed by atoms with van der Waals surface area (Å²) in [6.45, 7) is 4.09. The summed E-state index contributed by atoms with van der Waals surface area (Å²) in [7, 11) is 0. The van der Waals surface area contributed by atoms with Crippen LogP contribution in [0.1, 0.15) is 16.3 Å². The highest BCUT2D eigenvalue weighted by Gasteiger charge is 2.15. The van der Waals surface area contributed by atoms with Crippen LogP contribution >= 0.6 is 34.4 Å². The van der Waals surface area contributed by atoms with Gasteiger partial charge in [0.25, 0.3) is 10.8 Å². The molecule has 0 aliphatic rings. The summed E-state index contributed by atoms with van der Waals surface area (Å²) in [6, 6.07) is 12.0. The van der Waals surface area contributed by atoms with Crippen LogP contribution in [0.5, 0.6) is 0 Å². The first-order valence-electron chi connectivity index (χ1n) is 9.17. The second-order valence-electron chi connectivity index (χ2n) is 6.78. The van der Waals surface area contributed by atoms with Crippen LogP contribution in [0.3, 0.4) is 0 Å². The number of thioether (sulfide) groups is 1. The summed E-state index contributed by atoms with van der Waals surface area (Å²) >= 11 is 4.51. The molecule has 0 spiro atoms. The van der Waals surface area contributed by atoms with E-state index in [0.29, 0.717) is 28.1 Å². The van der Waals surface area contributed by atoms with Gasteiger partial charge in [-0.1, -0.05) is 29.5 Å². The molecule has 0 saturated carbocycles. The molecule has 30 heavy (non-hydrogen) atoms. The number of aromatic nitrogens is 4. The first kappa shape index (κ1) is 19.2. The maximum Gasteiger partial charge on any atom is 0.277 e. The SMILES string of the molecule is Cc1ccc(-c2nnc(SCc3nc4scc(-c5ccc(C)s5)c4c(=O)[nH]3)o2)cc1. The molecule has 6 nitrogen and oxygen atoms in total. The fraction of sp³-hybridized carbons (Fsp3) is 0.143. The van der Waals surface area contributed by atoms with Gasteiger partial charge in [-0.15, -0.1) is 32.9 Å². The number of fused-ring (bicyclic) bond motifs is 1. The van der Waals surface area contributed by atoms with E-state index in [9.17, 15) is 4.79 Å². The number of nitrogens with zero attached hydrogens (tertiary/aromatic N) is 3. The molecule has 150 valence electrons. The monoisotopic (exact) mass is 452 g/mol. The Morgan fingerprint density at radius 1 is 1.10 bits per heavy atom. The van der Waals surface area contributed by atoms with E-state index in [1.54, 1.807) is 11.3 Å². The fourth-order valence-corrected chi connectivity index (χ4v) is 5.59. The zero-order chi connectivity index (χ0) is 20.7. The Morgan fingerprint density at radius 3 is 2.70 bits per heavy atom. The molecule has 4 aromatic heterocycles. The van der Waals surface area contributed by atoms with Crippen LogP contribution in [-0.2, 0) is 5.75 Å². The third kappa shape index (κ3) is 3.71. The molecule has 0 aliphatic carbocycles. The van der Waals surface area contributed by atoms with E-state index in [1.165, 1.54) is 33.5 Å². The topological polar surface area (TPSA) is 84.7 Å². The predicted octanol–water partition coefficient (Wildman–Crippen LogP) is 5.67. The number of hydrogen-bond acceptors (Lipinski definition) is 8. The Labute approximate surface area is 184 Å². The molecule has 0 unspecified atom stereocenters. The first-order chi connectivity index (χ1) is 14.6. The number of nitrogens with one attached hydrogen (secondary N) is 1. The molecule has 4 heterocycles. The van der Waals surface area contributed by atoms with Gasteiger partial charge < -0.3 is 9.40 Å². The molecule has 5 aromatic rings. The van der Waals surface area contributed by atoms with Gasteiger partial charge in [-0.3, -0.25) is 4.79 Å². The maximum absolute atomic E-state index is 12.7. The third-order valence-corrected chi connectivity index (χ3v) is 7.27. The summed E-state index contributed by atoms with van der Waals surface area (Å²) in [6.07, 6.45) is 0. The Bertz CT molecular complexity index is 1400. The van der Waals surface area contributed by atoms with Crippen molar-refractivity contribution < 1.29 is 4.42 Å². The van der Waals surface area contributed by atoms with Crippen molar-refractivity contribution in [1.82, 2.24) is 20.2 Å². The van der Waals surface area contributed by atoms with Crippen molar-refractivity contribution in [3.8, 4) is 21.9 Å². The van der Waals surface area contributed by atoms with Gasteiger partial charge in [-0.2, -0.15) is 0 Å². The van der Waals surface area contributed by atoms with Gasteiger partial charge in [0.2, 0.25) is 5.89 Å². The van der Waals surface area contributed by atoms with Crippen molar-refractivity contribution in [2.24, 2.45) is 0 Å². The van der Waals surface area contributed by atoms with E-state index in [1.807, 2.05) is 42.6 Å². The van der Waals surface area contributed by atoms with E-state index in [-0.39, 0.29) is 5.56 Å². The molecule has 0 atom stereocenters. The van der Waals surface area contributed by atoms with Crippen molar-refractivity contribution in [2.45, 2.75) is 24.8 Å². The van der Waals surface area contributed by atoms with Gasteiger partial charge in [0.15, 0.2) is 0 Å².